The van der Waals surface area contributed by atoms with Crippen LogP contribution in [-0.4, -0.2) is 55.6 Å². The Kier molecular flexibility index (Phi) is 6.51. The second kappa shape index (κ2) is 7.90. The normalized spacial score (nSPS) is 11.4. The Morgan fingerprint density at radius 3 is 2.23 bits per heavy atom. The van der Waals surface area contributed by atoms with Crippen molar-refractivity contribution in [3.63, 3.8) is 0 Å². The van der Waals surface area contributed by atoms with Gasteiger partial charge in [0.25, 0.3) is 5.91 Å². The van der Waals surface area contributed by atoms with Gasteiger partial charge in [-0.15, -0.1) is 0 Å². The van der Waals surface area contributed by atoms with Crippen LogP contribution in [0.3, 0.4) is 0 Å². The highest BCUT2D eigenvalue weighted by atomic mass is 32.2. The molecule has 0 heterocycles. The van der Waals surface area contributed by atoms with Crippen molar-refractivity contribution in [2.75, 3.05) is 25.9 Å². The molecule has 1 aromatic rings. The van der Waals surface area contributed by atoms with E-state index in [4.69, 9.17) is 5.11 Å². The van der Waals surface area contributed by atoms with Crippen LogP contribution >= 0.6 is 0 Å². The first-order valence-electron chi connectivity index (χ1n) is 6.83. The van der Waals surface area contributed by atoms with Crippen molar-refractivity contribution >= 4 is 21.9 Å². The van der Waals surface area contributed by atoms with Gasteiger partial charge in [0.15, 0.2) is 0 Å². The van der Waals surface area contributed by atoms with E-state index in [9.17, 15) is 18.0 Å². The van der Waals surface area contributed by atoms with E-state index in [0.717, 1.165) is 0 Å². The summed E-state index contributed by atoms with van der Waals surface area (Å²) in [6.45, 7) is 2.24. The van der Waals surface area contributed by atoms with Gasteiger partial charge in [0.2, 0.25) is 10.0 Å². The van der Waals surface area contributed by atoms with Crippen LogP contribution in [0.4, 0.5) is 0 Å². The number of benzene rings is 1. The molecule has 0 aliphatic heterocycles. The van der Waals surface area contributed by atoms with Gasteiger partial charge in [0.1, 0.15) is 0 Å². The first-order valence-corrected chi connectivity index (χ1v) is 8.44. The van der Waals surface area contributed by atoms with Gasteiger partial charge in [-0.25, -0.2) is 17.5 Å². The van der Waals surface area contributed by atoms with Crippen molar-refractivity contribution < 1.29 is 23.1 Å². The number of sulfonamides is 1. The summed E-state index contributed by atoms with van der Waals surface area (Å²) in [6, 6.07) is 5.59. The predicted molar refractivity (Wildman–Crippen MR) is 82.4 cm³/mol. The summed E-state index contributed by atoms with van der Waals surface area (Å²) >= 11 is 0. The third-order valence-electron chi connectivity index (χ3n) is 3.17. The number of carboxylic acid groups (broad SMARTS) is 1. The molecule has 1 rings (SSSR count). The summed E-state index contributed by atoms with van der Waals surface area (Å²) in [6.07, 6.45) is 0.495. The number of nitrogens with one attached hydrogen (secondary N) is 1. The van der Waals surface area contributed by atoms with Gasteiger partial charge in [-0.2, -0.15) is 0 Å². The van der Waals surface area contributed by atoms with Gasteiger partial charge >= 0.3 is 5.97 Å². The Labute approximate surface area is 130 Å². The van der Waals surface area contributed by atoms with Crippen molar-refractivity contribution in [2.24, 2.45) is 0 Å². The first-order chi connectivity index (χ1) is 10.3. The fourth-order valence-corrected chi connectivity index (χ4v) is 2.58. The highest BCUT2D eigenvalue weighted by molar-refractivity contribution is 7.89. The highest BCUT2D eigenvalue weighted by Gasteiger charge is 2.14. The zero-order valence-electron chi connectivity index (χ0n) is 12.6. The van der Waals surface area contributed by atoms with Gasteiger partial charge in [-0.1, -0.05) is 0 Å². The van der Waals surface area contributed by atoms with Gasteiger partial charge in [-0.3, -0.25) is 4.79 Å². The number of carbonyl (C=O) groups excluding carboxylic acids is 1. The number of carboxylic acids is 1. The number of carbonyl (C=O) groups is 2. The van der Waals surface area contributed by atoms with Crippen molar-refractivity contribution in [1.82, 2.24) is 9.62 Å². The SMILES string of the molecule is CCS(=O)(=O)N(C)CCCNC(=O)c1ccc(C(=O)O)cc1. The number of aromatic carboxylic acids is 1. The van der Waals surface area contributed by atoms with E-state index < -0.39 is 16.0 Å². The molecule has 0 aliphatic rings. The maximum atomic E-state index is 11.8. The summed E-state index contributed by atoms with van der Waals surface area (Å²) in [5, 5.41) is 11.4. The number of hydrogen-bond acceptors (Lipinski definition) is 4. The van der Waals surface area contributed by atoms with Crippen LogP contribution in [0.2, 0.25) is 0 Å². The molecule has 1 aromatic carbocycles. The lowest BCUT2D eigenvalue weighted by atomic mass is 10.1. The van der Waals surface area contributed by atoms with Crippen LogP contribution in [0.5, 0.6) is 0 Å². The minimum atomic E-state index is -3.20. The zero-order chi connectivity index (χ0) is 16.8. The topological polar surface area (TPSA) is 104 Å². The van der Waals surface area contributed by atoms with Gasteiger partial charge in [0.05, 0.1) is 11.3 Å². The molecule has 0 bridgehead atoms. The highest BCUT2D eigenvalue weighted by Crippen LogP contribution is 2.04. The molecule has 0 saturated heterocycles. The molecule has 7 nitrogen and oxygen atoms in total. The number of nitrogens with zero attached hydrogens (tertiary/aromatic N) is 1. The summed E-state index contributed by atoms with van der Waals surface area (Å²) in [7, 11) is -1.69. The summed E-state index contributed by atoms with van der Waals surface area (Å²) < 4.78 is 24.3. The average molecular weight is 328 g/mol. The van der Waals surface area contributed by atoms with Gasteiger partial charge in [0, 0.05) is 25.7 Å². The molecule has 0 aromatic heterocycles. The fourth-order valence-electron chi connectivity index (χ4n) is 1.73. The van der Waals surface area contributed by atoms with Crippen molar-refractivity contribution in [3.05, 3.63) is 35.4 Å². The molecule has 8 heteroatoms. The Balaban J connectivity index is 2.42. The van der Waals surface area contributed by atoms with E-state index in [2.05, 4.69) is 5.32 Å². The molecule has 0 aliphatic carbocycles. The van der Waals surface area contributed by atoms with Crippen LogP contribution in [-0.2, 0) is 10.0 Å². The maximum absolute atomic E-state index is 11.8. The molecular weight excluding hydrogens is 308 g/mol. The van der Waals surface area contributed by atoms with Crippen molar-refractivity contribution in [2.45, 2.75) is 13.3 Å². The third-order valence-corrected chi connectivity index (χ3v) is 5.03. The molecule has 22 heavy (non-hydrogen) atoms. The quantitative estimate of drug-likeness (QED) is 0.687. The van der Waals surface area contributed by atoms with E-state index in [0.29, 0.717) is 25.1 Å². The molecule has 0 saturated carbocycles. The van der Waals surface area contributed by atoms with Gasteiger partial charge < -0.3 is 10.4 Å². The number of hydrogen-bond donors (Lipinski definition) is 2. The largest absolute Gasteiger partial charge is 0.478 e. The third kappa shape index (κ3) is 5.12. The standard InChI is InChI=1S/C14H20N2O5S/c1-3-22(20,21)16(2)10-4-9-15-13(17)11-5-7-12(8-6-11)14(18)19/h5-8H,3-4,9-10H2,1-2H3,(H,15,17)(H,18,19). The Hall–Kier alpha value is -1.93. The molecule has 122 valence electrons. The van der Waals surface area contributed by atoms with E-state index in [1.807, 2.05) is 0 Å². The smallest absolute Gasteiger partial charge is 0.335 e. The minimum Gasteiger partial charge on any atom is -0.478 e. The molecule has 0 atom stereocenters. The fraction of sp³-hybridized carbons (Fsp3) is 0.429. The summed E-state index contributed by atoms with van der Waals surface area (Å²) in [5.41, 5.74) is 0.475. The molecule has 0 unspecified atom stereocenters. The molecule has 0 spiro atoms. The Morgan fingerprint density at radius 1 is 1.18 bits per heavy atom. The second-order valence-corrected chi connectivity index (χ2v) is 7.08. The van der Waals surface area contributed by atoms with Gasteiger partial charge in [-0.05, 0) is 37.6 Å². The Morgan fingerprint density at radius 2 is 1.73 bits per heavy atom. The zero-order valence-corrected chi connectivity index (χ0v) is 13.4. The van der Waals surface area contributed by atoms with E-state index in [-0.39, 0.29) is 17.2 Å². The van der Waals surface area contributed by atoms with Crippen LogP contribution in [0.15, 0.2) is 24.3 Å². The summed E-state index contributed by atoms with van der Waals surface area (Å²) in [5.74, 6) is -1.32. The molecule has 0 fully saturated rings. The van der Waals surface area contributed by atoms with E-state index >= 15 is 0 Å². The summed E-state index contributed by atoms with van der Waals surface area (Å²) in [4.78, 5) is 22.5. The lowest BCUT2D eigenvalue weighted by Gasteiger charge is -2.15. The lowest BCUT2D eigenvalue weighted by Crippen LogP contribution is -2.32. The van der Waals surface area contributed by atoms with E-state index in [1.165, 1.54) is 35.6 Å². The number of rotatable bonds is 8. The lowest BCUT2D eigenvalue weighted by molar-refractivity contribution is 0.0696. The molecule has 0 radical (unpaired) electrons. The molecule has 1 amide bonds. The monoisotopic (exact) mass is 328 g/mol. The Bertz CT molecular complexity index is 625. The number of amides is 1. The molecule has 2 N–H and O–H groups in total. The van der Waals surface area contributed by atoms with Crippen molar-refractivity contribution in [3.8, 4) is 0 Å². The molecular formula is C14H20N2O5S. The van der Waals surface area contributed by atoms with Crippen LogP contribution in [0.25, 0.3) is 0 Å². The maximum Gasteiger partial charge on any atom is 0.335 e. The van der Waals surface area contributed by atoms with Crippen molar-refractivity contribution in [1.29, 1.82) is 0 Å². The predicted octanol–water partition coefficient (Wildman–Crippen LogP) is 0.786. The van der Waals surface area contributed by atoms with Crippen LogP contribution in [0.1, 0.15) is 34.1 Å². The van der Waals surface area contributed by atoms with Crippen LogP contribution in [0, 0.1) is 0 Å². The van der Waals surface area contributed by atoms with Crippen LogP contribution < -0.4 is 5.32 Å². The first kappa shape index (κ1) is 18.1. The van der Waals surface area contributed by atoms with E-state index in [1.54, 1.807) is 6.92 Å². The second-order valence-electron chi connectivity index (χ2n) is 4.71. The minimum absolute atomic E-state index is 0.0474. The average Bonchev–Trinajstić information content (AvgIpc) is 2.51.